The van der Waals surface area contributed by atoms with Gasteiger partial charge in [0.05, 0.1) is 0 Å². The summed E-state index contributed by atoms with van der Waals surface area (Å²) in [7, 11) is 0. The molecule has 1 aliphatic heterocycles. The van der Waals surface area contributed by atoms with Gasteiger partial charge in [0.15, 0.2) is 17.4 Å². The van der Waals surface area contributed by atoms with E-state index in [9.17, 15) is 13.2 Å². The third-order valence-electron chi connectivity index (χ3n) is 4.81. The number of halogens is 3. The number of hydrogen-bond acceptors (Lipinski definition) is 1. The first-order chi connectivity index (χ1) is 10.4. The lowest BCUT2D eigenvalue weighted by Crippen LogP contribution is -2.56. The molecule has 0 radical (unpaired) electrons. The van der Waals surface area contributed by atoms with E-state index in [2.05, 4.69) is 23.5 Å². The SMILES string of the molecule is CCC1(CC)CCn2nc(C(F)(F)F)cc2-c2cccc[n+]21. The van der Waals surface area contributed by atoms with Crippen LogP contribution in [0, 0.1) is 0 Å². The lowest BCUT2D eigenvalue weighted by atomic mass is 9.88. The van der Waals surface area contributed by atoms with E-state index in [1.165, 1.54) is 4.68 Å². The minimum absolute atomic E-state index is 0.0737. The monoisotopic (exact) mass is 310 g/mol. The second-order valence-corrected chi connectivity index (χ2v) is 5.77. The van der Waals surface area contributed by atoms with Crippen molar-refractivity contribution in [2.75, 3.05) is 0 Å². The second kappa shape index (κ2) is 5.11. The van der Waals surface area contributed by atoms with Gasteiger partial charge in [-0.25, -0.2) is 0 Å². The molecule has 0 spiro atoms. The Morgan fingerprint density at radius 2 is 2.00 bits per heavy atom. The van der Waals surface area contributed by atoms with Gasteiger partial charge in [0.1, 0.15) is 5.69 Å². The number of aromatic nitrogens is 3. The number of aryl methyl sites for hydroxylation is 1. The van der Waals surface area contributed by atoms with Crippen molar-refractivity contribution >= 4 is 0 Å². The van der Waals surface area contributed by atoms with Crippen LogP contribution in [0.2, 0.25) is 0 Å². The predicted molar refractivity (Wildman–Crippen MR) is 76.0 cm³/mol. The van der Waals surface area contributed by atoms with Crippen molar-refractivity contribution in [1.29, 1.82) is 0 Å². The standard InChI is InChI=1S/C16H19F3N3/c1-3-15(4-2)8-10-22-13(11-14(20-22)16(17,18)19)12-7-5-6-9-21(12)15/h5-7,9,11H,3-4,8,10H2,1-2H3/q+1. The number of fused-ring (bicyclic) bond motifs is 3. The largest absolute Gasteiger partial charge is 0.435 e. The minimum atomic E-state index is -4.41. The summed E-state index contributed by atoms with van der Waals surface area (Å²) in [5.41, 5.74) is 0.442. The highest BCUT2D eigenvalue weighted by molar-refractivity contribution is 5.52. The van der Waals surface area contributed by atoms with Crippen LogP contribution in [0.1, 0.15) is 38.8 Å². The molecule has 0 fully saturated rings. The molecule has 118 valence electrons. The number of rotatable bonds is 2. The highest BCUT2D eigenvalue weighted by atomic mass is 19.4. The van der Waals surface area contributed by atoms with Gasteiger partial charge in [0.2, 0.25) is 5.69 Å². The molecule has 0 saturated carbocycles. The van der Waals surface area contributed by atoms with Gasteiger partial charge in [-0.05, 0) is 6.07 Å². The Labute approximate surface area is 127 Å². The predicted octanol–water partition coefficient (Wildman–Crippen LogP) is 3.78. The highest BCUT2D eigenvalue weighted by Gasteiger charge is 2.43. The molecule has 0 atom stereocenters. The first kappa shape index (κ1) is 15.1. The van der Waals surface area contributed by atoms with E-state index < -0.39 is 11.9 Å². The van der Waals surface area contributed by atoms with E-state index in [-0.39, 0.29) is 5.54 Å². The fraction of sp³-hybridized carbons (Fsp3) is 0.500. The van der Waals surface area contributed by atoms with Gasteiger partial charge >= 0.3 is 6.18 Å². The van der Waals surface area contributed by atoms with Crippen molar-refractivity contribution in [1.82, 2.24) is 9.78 Å². The molecule has 3 nitrogen and oxygen atoms in total. The van der Waals surface area contributed by atoms with Crippen molar-refractivity contribution in [3.8, 4) is 11.4 Å². The lowest BCUT2D eigenvalue weighted by Gasteiger charge is -2.25. The van der Waals surface area contributed by atoms with E-state index >= 15 is 0 Å². The summed E-state index contributed by atoms with van der Waals surface area (Å²) < 4.78 is 42.5. The van der Waals surface area contributed by atoms with Gasteiger partial charge in [-0.15, -0.1) is 0 Å². The molecule has 6 heteroatoms. The second-order valence-electron chi connectivity index (χ2n) is 5.77. The minimum Gasteiger partial charge on any atom is -0.258 e. The van der Waals surface area contributed by atoms with Crippen molar-refractivity contribution in [3.63, 3.8) is 0 Å². The van der Waals surface area contributed by atoms with Gasteiger partial charge in [-0.2, -0.15) is 22.8 Å². The van der Waals surface area contributed by atoms with Crippen molar-refractivity contribution in [3.05, 3.63) is 36.2 Å². The fourth-order valence-corrected chi connectivity index (χ4v) is 3.38. The third-order valence-corrected chi connectivity index (χ3v) is 4.81. The molecule has 0 saturated heterocycles. The molecule has 0 aromatic carbocycles. The summed E-state index contributed by atoms with van der Waals surface area (Å²) in [5, 5.41) is 3.79. The van der Waals surface area contributed by atoms with Crippen molar-refractivity contribution in [2.45, 2.75) is 51.4 Å². The molecule has 0 amide bonds. The molecular formula is C16H19F3N3+. The van der Waals surface area contributed by atoms with Crippen LogP contribution in [0.15, 0.2) is 30.5 Å². The van der Waals surface area contributed by atoms with Crippen LogP contribution < -0.4 is 4.57 Å². The molecular weight excluding hydrogens is 291 g/mol. The van der Waals surface area contributed by atoms with Gasteiger partial charge < -0.3 is 0 Å². The van der Waals surface area contributed by atoms with Crippen LogP contribution in [0.3, 0.4) is 0 Å². The summed E-state index contributed by atoms with van der Waals surface area (Å²) in [5.74, 6) is 0. The van der Waals surface area contributed by atoms with E-state index in [0.29, 0.717) is 12.2 Å². The van der Waals surface area contributed by atoms with Crippen LogP contribution in [0.5, 0.6) is 0 Å². The fourth-order valence-electron chi connectivity index (χ4n) is 3.38. The molecule has 3 rings (SSSR count). The normalized spacial score (nSPS) is 16.8. The maximum atomic E-state index is 13.0. The number of hydrogen-bond donors (Lipinski definition) is 0. The first-order valence-corrected chi connectivity index (χ1v) is 7.58. The van der Waals surface area contributed by atoms with Crippen LogP contribution in [-0.4, -0.2) is 9.78 Å². The number of nitrogens with zero attached hydrogens (tertiary/aromatic N) is 3. The van der Waals surface area contributed by atoms with Crippen LogP contribution in [0.4, 0.5) is 13.2 Å². The smallest absolute Gasteiger partial charge is 0.258 e. The van der Waals surface area contributed by atoms with Gasteiger partial charge in [0.25, 0.3) is 0 Å². The summed E-state index contributed by atoms with van der Waals surface area (Å²) in [6.07, 6.45) is 0.196. The van der Waals surface area contributed by atoms with Crippen LogP contribution in [0.25, 0.3) is 11.4 Å². The van der Waals surface area contributed by atoms with Crippen molar-refractivity contribution in [2.24, 2.45) is 0 Å². The van der Waals surface area contributed by atoms with E-state index in [0.717, 1.165) is 31.0 Å². The zero-order valence-corrected chi connectivity index (χ0v) is 12.7. The van der Waals surface area contributed by atoms with Gasteiger partial charge in [-0.1, -0.05) is 13.8 Å². The highest BCUT2D eigenvalue weighted by Crippen LogP contribution is 2.35. The summed E-state index contributed by atoms with van der Waals surface area (Å²) >= 11 is 0. The van der Waals surface area contributed by atoms with Crippen LogP contribution in [-0.2, 0) is 18.3 Å². The lowest BCUT2D eigenvalue weighted by molar-refractivity contribution is -0.757. The zero-order valence-electron chi connectivity index (χ0n) is 12.7. The quantitative estimate of drug-likeness (QED) is 0.774. The molecule has 0 bridgehead atoms. The van der Waals surface area contributed by atoms with Crippen molar-refractivity contribution < 1.29 is 17.7 Å². The van der Waals surface area contributed by atoms with E-state index in [1.807, 2.05) is 24.4 Å². The number of alkyl halides is 3. The van der Waals surface area contributed by atoms with E-state index in [4.69, 9.17) is 0 Å². The summed E-state index contributed by atoms with van der Waals surface area (Å²) in [6, 6.07) is 6.82. The Hall–Kier alpha value is -1.85. The van der Waals surface area contributed by atoms with Gasteiger partial charge in [-0.3, -0.25) is 4.68 Å². The Balaban J connectivity index is 2.22. The Morgan fingerprint density at radius 1 is 1.27 bits per heavy atom. The summed E-state index contributed by atoms with van der Waals surface area (Å²) in [4.78, 5) is 0. The Morgan fingerprint density at radius 3 is 2.64 bits per heavy atom. The molecule has 22 heavy (non-hydrogen) atoms. The average molecular weight is 310 g/mol. The molecule has 0 aliphatic carbocycles. The molecule has 0 N–H and O–H groups in total. The third kappa shape index (κ3) is 2.21. The number of pyridine rings is 1. The average Bonchev–Trinajstić information content (AvgIpc) is 2.89. The topological polar surface area (TPSA) is 21.7 Å². The maximum Gasteiger partial charge on any atom is 0.435 e. The summed E-state index contributed by atoms with van der Waals surface area (Å²) in [6.45, 7) is 4.75. The Bertz CT molecular complexity index is 684. The maximum absolute atomic E-state index is 13.0. The molecule has 2 aromatic heterocycles. The molecule has 2 aromatic rings. The molecule has 1 aliphatic rings. The first-order valence-electron chi connectivity index (χ1n) is 7.58. The van der Waals surface area contributed by atoms with E-state index in [1.54, 1.807) is 0 Å². The van der Waals surface area contributed by atoms with Gasteiger partial charge in [0, 0.05) is 44.0 Å². The zero-order chi connectivity index (χ0) is 16.0. The Kier molecular flexibility index (Phi) is 3.50. The molecule has 0 unspecified atom stereocenters. The van der Waals surface area contributed by atoms with Crippen LogP contribution >= 0.6 is 0 Å². The molecule has 3 heterocycles.